The summed E-state index contributed by atoms with van der Waals surface area (Å²) in [7, 11) is 1.63. The van der Waals surface area contributed by atoms with Gasteiger partial charge in [-0.25, -0.2) is 0 Å². The van der Waals surface area contributed by atoms with E-state index in [1.807, 2.05) is 19.1 Å². The van der Waals surface area contributed by atoms with E-state index in [1.54, 1.807) is 13.3 Å². The standard InChI is InChI=1S/C14H19NO2/c1-10-7-13(17-2)8-11(14(10)16)9-15-12-5-3-4-6-12/h7-9,12,16H,3-6H2,1-2H3. The summed E-state index contributed by atoms with van der Waals surface area (Å²) in [6, 6.07) is 4.07. The fraction of sp³-hybridized carbons (Fsp3) is 0.500. The Morgan fingerprint density at radius 2 is 2.06 bits per heavy atom. The molecule has 0 aromatic heterocycles. The normalized spacial score (nSPS) is 16.8. The third-order valence-electron chi connectivity index (χ3n) is 3.29. The van der Waals surface area contributed by atoms with E-state index < -0.39 is 0 Å². The van der Waals surface area contributed by atoms with E-state index in [1.165, 1.54) is 25.7 Å². The highest BCUT2D eigenvalue weighted by Crippen LogP contribution is 2.27. The largest absolute Gasteiger partial charge is 0.507 e. The molecule has 0 saturated heterocycles. The van der Waals surface area contributed by atoms with Gasteiger partial charge in [-0.3, -0.25) is 4.99 Å². The van der Waals surface area contributed by atoms with Crippen LogP contribution in [0.15, 0.2) is 17.1 Å². The van der Waals surface area contributed by atoms with E-state index >= 15 is 0 Å². The van der Waals surface area contributed by atoms with Crippen LogP contribution in [0.5, 0.6) is 11.5 Å². The molecule has 0 unspecified atom stereocenters. The van der Waals surface area contributed by atoms with Gasteiger partial charge in [-0.2, -0.15) is 0 Å². The van der Waals surface area contributed by atoms with Crippen LogP contribution >= 0.6 is 0 Å². The molecule has 1 fully saturated rings. The van der Waals surface area contributed by atoms with Crippen molar-refractivity contribution in [2.24, 2.45) is 4.99 Å². The summed E-state index contributed by atoms with van der Waals surface area (Å²) in [5.41, 5.74) is 1.56. The number of nitrogens with zero attached hydrogens (tertiary/aromatic N) is 1. The predicted molar refractivity (Wildman–Crippen MR) is 69.2 cm³/mol. The number of phenolic OH excluding ortho intramolecular Hbond substituents is 1. The molecule has 0 atom stereocenters. The zero-order valence-electron chi connectivity index (χ0n) is 10.4. The first kappa shape index (κ1) is 12.0. The molecule has 0 aliphatic heterocycles. The number of phenols is 1. The number of rotatable bonds is 3. The van der Waals surface area contributed by atoms with Crippen molar-refractivity contribution in [2.75, 3.05) is 7.11 Å². The number of hydrogen-bond acceptors (Lipinski definition) is 3. The first-order valence-electron chi connectivity index (χ1n) is 6.11. The van der Waals surface area contributed by atoms with Crippen molar-refractivity contribution in [2.45, 2.75) is 38.6 Å². The second kappa shape index (κ2) is 5.21. The van der Waals surface area contributed by atoms with E-state index in [0.29, 0.717) is 11.8 Å². The summed E-state index contributed by atoms with van der Waals surface area (Å²) in [5, 5.41) is 9.94. The molecular formula is C14H19NO2. The number of ether oxygens (including phenoxy) is 1. The first-order valence-corrected chi connectivity index (χ1v) is 6.11. The van der Waals surface area contributed by atoms with Gasteiger partial charge in [0.15, 0.2) is 0 Å². The van der Waals surface area contributed by atoms with Crippen LogP contribution in [0.25, 0.3) is 0 Å². The number of aryl methyl sites for hydroxylation is 1. The number of aromatic hydroxyl groups is 1. The molecule has 1 aromatic carbocycles. The Morgan fingerprint density at radius 3 is 2.71 bits per heavy atom. The van der Waals surface area contributed by atoms with Gasteiger partial charge in [-0.05, 0) is 37.5 Å². The molecule has 3 nitrogen and oxygen atoms in total. The SMILES string of the molecule is COc1cc(C)c(O)c(C=NC2CCCC2)c1. The summed E-state index contributed by atoms with van der Waals surface area (Å²) < 4.78 is 5.19. The van der Waals surface area contributed by atoms with Gasteiger partial charge in [0.1, 0.15) is 11.5 Å². The van der Waals surface area contributed by atoms with Gasteiger partial charge in [-0.1, -0.05) is 12.8 Å². The van der Waals surface area contributed by atoms with Crippen molar-refractivity contribution in [1.82, 2.24) is 0 Å². The average Bonchev–Trinajstić information content (AvgIpc) is 2.84. The van der Waals surface area contributed by atoms with Gasteiger partial charge in [0.25, 0.3) is 0 Å². The molecule has 3 heteroatoms. The molecule has 0 heterocycles. The summed E-state index contributed by atoms with van der Waals surface area (Å²) in [5.74, 6) is 1.06. The van der Waals surface area contributed by atoms with Gasteiger partial charge in [0, 0.05) is 17.8 Å². The van der Waals surface area contributed by atoms with Crippen molar-refractivity contribution >= 4 is 6.21 Å². The molecule has 2 rings (SSSR count). The summed E-state index contributed by atoms with van der Waals surface area (Å²) in [4.78, 5) is 4.53. The summed E-state index contributed by atoms with van der Waals surface area (Å²) in [6.07, 6.45) is 6.65. The zero-order valence-corrected chi connectivity index (χ0v) is 10.4. The Kier molecular flexibility index (Phi) is 3.67. The fourth-order valence-corrected chi connectivity index (χ4v) is 2.23. The number of hydrogen-bond donors (Lipinski definition) is 1. The molecule has 0 spiro atoms. The van der Waals surface area contributed by atoms with Crippen LogP contribution in [0.4, 0.5) is 0 Å². The van der Waals surface area contributed by atoms with Gasteiger partial charge < -0.3 is 9.84 Å². The Hall–Kier alpha value is -1.51. The highest BCUT2D eigenvalue weighted by Gasteiger charge is 2.13. The molecule has 1 aromatic rings. The average molecular weight is 233 g/mol. The maximum Gasteiger partial charge on any atom is 0.127 e. The second-order valence-corrected chi connectivity index (χ2v) is 4.60. The van der Waals surface area contributed by atoms with E-state index in [-0.39, 0.29) is 0 Å². The molecule has 92 valence electrons. The smallest absolute Gasteiger partial charge is 0.127 e. The summed E-state index contributed by atoms with van der Waals surface area (Å²) in [6.45, 7) is 1.87. The van der Waals surface area contributed by atoms with Gasteiger partial charge in [0.2, 0.25) is 0 Å². The predicted octanol–water partition coefficient (Wildman–Crippen LogP) is 3.07. The lowest BCUT2D eigenvalue weighted by Crippen LogP contribution is -1.97. The fourth-order valence-electron chi connectivity index (χ4n) is 2.23. The number of benzene rings is 1. The van der Waals surface area contributed by atoms with Crippen molar-refractivity contribution in [3.8, 4) is 11.5 Å². The molecule has 17 heavy (non-hydrogen) atoms. The van der Waals surface area contributed by atoms with Crippen LogP contribution in [-0.4, -0.2) is 24.5 Å². The minimum absolute atomic E-state index is 0.299. The Labute approximate surface area is 102 Å². The Balaban J connectivity index is 2.21. The maximum absolute atomic E-state index is 9.94. The monoisotopic (exact) mass is 233 g/mol. The molecule has 0 bridgehead atoms. The molecule has 0 amide bonds. The lowest BCUT2D eigenvalue weighted by atomic mass is 10.1. The third-order valence-corrected chi connectivity index (χ3v) is 3.29. The van der Waals surface area contributed by atoms with E-state index in [9.17, 15) is 5.11 Å². The lowest BCUT2D eigenvalue weighted by molar-refractivity contribution is 0.411. The number of methoxy groups -OCH3 is 1. The molecule has 0 radical (unpaired) electrons. The van der Waals surface area contributed by atoms with Gasteiger partial charge >= 0.3 is 0 Å². The lowest BCUT2D eigenvalue weighted by Gasteiger charge is -2.07. The second-order valence-electron chi connectivity index (χ2n) is 4.60. The van der Waals surface area contributed by atoms with Crippen molar-refractivity contribution < 1.29 is 9.84 Å². The highest BCUT2D eigenvalue weighted by atomic mass is 16.5. The first-order chi connectivity index (χ1) is 8.20. The van der Waals surface area contributed by atoms with E-state index in [2.05, 4.69) is 4.99 Å². The highest BCUT2D eigenvalue weighted by molar-refractivity contribution is 5.85. The molecule has 1 aliphatic carbocycles. The van der Waals surface area contributed by atoms with Gasteiger partial charge in [0.05, 0.1) is 7.11 Å². The van der Waals surface area contributed by atoms with Crippen molar-refractivity contribution in [3.63, 3.8) is 0 Å². The zero-order chi connectivity index (χ0) is 12.3. The molecule has 1 saturated carbocycles. The van der Waals surface area contributed by atoms with Crippen molar-refractivity contribution in [3.05, 3.63) is 23.3 Å². The quantitative estimate of drug-likeness (QED) is 0.815. The van der Waals surface area contributed by atoms with Crippen LogP contribution in [0.3, 0.4) is 0 Å². The Bertz CT molecular complexity index is 420. The Morgan fingerprint density at radius 1 is 1.35 bits per heavy atom. The van der Waals surface area contributed by atoms with Crippen LogP contribution in [-0.2, 0) is 0 Å². The molecule has 1 N–H and O–H groups in total. The number of aliphatic imine (C=N–C) groups is 1. The topological polar surface area (TPSA) is 41.8 Å². The van der Waals surface area contributed by atoms with Crippen LogP contribution in [0.2, 0.25) is 0 Å². The minimum atomic E-state index is 0.299. The van der Waals surface area contributed by atoms with E-state index in [4.69, 9.17) is 4.74 Å². The maximum atomic E-state index is 9.94. The molecular weight excluding hydrogens is 214 g/mol. The van der Waals surface area contributed by atoms with Crippen molar-refractivity contribution in [1.29, 1.82) is 0 Å². The van der Waals surface area contributed by atoms with E-state index in [0.717, 1.165) is 16.9 Å². The van der Waals surface area contributed by atoms with Gasteiger partial charge in [-0.15, -0.1) is 0 Å². The molecule has 1 aliphatic rings. The third kappa shape index (κ3) is 2.78. The minimum Gasteiger partial charge on any atom is -0.507 e. The van der Waals surface area contributed by atoms with Crippen LogP contribution < -0.4 is 4.74 Å². The van der Waals surface area contributed by atoms with Crippen LogP contribution in [0, 0.1) is 6.92 Å². The summed E-state index contributed by atoms with van der Waals surface area (Å²) >= 11 is 0. The van der Waals surface area contributed by atoms with Crippen LogP contribution in [0.1, 0.15) is 36.8 Å².